The number of nitrogens with one attached hydrogen (secondary N) is 1. The molecule has 2 rings (SSSR count). The SMILES string of the molecule is Cn1cc(NCCCn2ccnc2)cn1. The molecular formula is C10H15N5. The molecular weight excluding hydrogens is 190 g/mol. The van der Waals surface area contributed by atoms with Crippen LogP contribution in [0.25, 0.3) is 0 Å². The summed E-state index contributed by atoms with van der Waals surface area (Å²) in [5, 5.41) is 7.40. The summed E-state index contributed by atoms with van der Waals surface area (Å²) in [5.41, 5.74) is 1.07. The van der Waals surface area contributed by atoms with Crippen LogP contribution in [0.1, 0.15) is 6.42 Å². The number of hydrogen-bond acceptors (Lipinski definition) is 3. The van der Waals surface area contributed by atoms with Crippen molar-refractivity contribution in [3.8, 4) is 0 Å². The molecule has 1 N–H and O–H groups in total. The van der Waals surface area contributed by atoms with Gasteiger partial charge in [-0.2, -0.15) is 5.10 Å². The van der Waals surface area contributed by atoms with Gasteiger partial charge in [-0.15, -0.1) is 0 Å². The van der Waals surface area contributed by atoms with E-state index in [0.717, 1.165) is 25.2 Å². The molecule has 5 heteroatoms. The number of nitrogens with zero attached hydrogens (tertiary/aromatic N) is 4. The molecule has 0 bridgehead atoms. The van der Waals surface area contributed by atoms with E-state index in [0.29, 0.717) is 0 Å². The third-order valence-electron chi connectivity index (χ3n) is 2.19. The quantitative estimate of drug-likeness (QED) is 0.744. The second kappa shape index (κ2) is 4.63. The molecule has 0 radical (unpaired) electrons. The molecule has 15 heavy (non-hydrogen) atoms. The van der Waals surface area contributed by atoms with Crippen molar-refractivity contribution in [1.29, 1.82) is 0 Å². The van der Waals surface area contributed by atoms with Crippen LogP contribution in [0.3, 0.4) is 0 Å². The zero-order valence-electron chi connectivity index (χ0n) is 8.80. The van der Waals surface area contributed by atoms with Crippen molar-refractivity contribution >= 4 is 5.69 Å². The van der Waals surface area contributed by atoms with Crippen LogP contribution >= 0.6 is 0 Å². The van der Waals surface area contributed by atoms with Crippen molar-refractivity contribution in [1.82, 2.24) is 19.3 Å². The monoisotopic (exact) mass is 205 g/mol. The molecule has 0 atom stereocenters. The van der Waals surface area contributed by atoms with Crippen molar-refractivity contribution in [2.75, 3.05) is 11.9 Å². The minimum absolute atomic E-state index is 0.948. The summed E-state index contributed by atoms with van der Waals surface area (Å²) >= 11 is 0. The normalized spacial score (nSPS) is 10.5. The maximum Gasteiger partial charge on any atom is 0.0945 e. The maximum absolute atomic E-state index is 4.08. The Balaban J connectivity index is 1.67. The van der Waals surface area contributed by atoms with Crippen molar-refractivity contribution < 1.29 is 0 Å². The van der Waals surface area contributed by atoms with Gasteiger partial charge in [0, 0.05) is 38.7 Å². The van der Waals surface area contributed by atoms with Gasteiger partial charge in [-0.05, 0) is 6.42 Å². The number of imidazole rings is 1. The van der Waals surface area contributed by atoms with Crippen LogP contribution in [-0.4, -0.2) is 25.9 Å². The molecule has 0 spiro atoms. The summed E-state index contributed by atoms with van der Waals surface area (Å²) in [6.45, 7) is 1.94. The zero-order valence-corrected chi connectivity index (χ0v) is 8.80. The average molecular weight is 205 g/mol. The summed E-state index contributed by atoms with van der Waals surface area (Å²) in [6, 6.07) is 0. The van der Waals surface area contributed by atoms with Crippen LogP contribution < -0.4 is 5.32 Å². The molecule has 5 nitrogen and oxygen atoms in total. The van der Waals surface area contributed by atoms with Gasteiger partial charge in [-0.3, -0.25) is 4.68 Å². The molecule has 0 aliphatic heterocycles. The Morgan fingerprint density at radius 3 is 3.07 bits per heavy atom. The van der Waals surface area contributed by atoms with Crippen molar-refractivity contribution in [2.45, 2.75) is 13.0 Å². The molecule has 2 heterocycles. The van der Waals surface area contributed by atoms with Crippen LogP contribution in [0.15, 0.2) is 31.1 Å². The van der Waals surface area contributed by atoms with Gasteiger partial charge in [0.1, 0.15) is 0 Å². The summed E-state index contributed by atoms with van der Waals surface area (Å²) in [7, 11) is 1.91. The fraction of sp³-hybridized carbons (Fsp3) is 0.400. The molecule has 2 aromatic rings. The first-order valence-electron chi connectivity index (χ1n) is 5.03. The highest BCUT2D eigenvalue weighted by Crippen LogP contribution is 2.03. The van der Waals surface area contributed by atoms with E-state index < -0.39 is 0 Å². The topological polar surface area (TPSA) is 47.7 Å². The Bertz CT molecular complexity index is 390. The molecule has 0 amide bonds. The number of hydrogen-bond donors (Lipinski definition) is 1. The van der Waals surface area contributed by atoms with Crippen LogP contribution in [0.2, 0.25) is 0 Å². The van der Waals surface area contributed by atoms with Crippen molar-refractivity contribution in [2.24, 2.45) is 7.05 Å². The van der Waals surface area contributed by atoms with Crippen LogP contribution in [0, 0.1) is 0 Å². The highest BCUT2D eigenvalue weighted by atomic mass is 15.3. The molecule has 0 aromatic carbocycles. The highest BCUT2D eigenvalue weighted by molar-refractivity contribution is 5.37. The molecule has 0 saturated carbocycles. The molecule has 0 aliphatic carbocycles. The number of aryl methyl sites for hydroxylation is 2. The van der Waals surface area contributed by atoms with Gasteiger partial charge in [-0.1, -0.05) is 0 Å². The first-order valence-corrected chi connectivity index (χ1v) is 5.03. The number of anilines is 1. The first-order chi connectivity index (χ1) is 7.34. The van der Waals surface area contributed by atoms with Gasteiger partial charge in [0.15, 0.2) is 0 Å². The Morgan fingerprint density at radius 1 is 1.47 bits per heavy atom. The predicted octanol–water partition coefficient (Wildman–Crippen LogP) is 1.12. The van der Waals surface area contributed by atoms with E-state index in [-0.39, 0.29) is 0 Å². The van der Waals surface area contributed by atoms with E-state index in [4.69, 9.17) is 0 Å². The van der Waals surface area contributed by atoms with Crippen molar-refractivity contribution in [3.05, 3.63) is 31.1 Å². The minimum atomic E-state index is 0.948. The Morgan fingerprint density at radius 2 is 2.40 bits per heavy atom. The average Bonchev–Trinajstić information content (AvgIpc) is 2.84. The smallest absolute Gasteiger partial charge is 0.0945 e. The zero-order chi connectivity index (χ0) is 10.5. The van der Waals surface area contributed by atoms with Gasteiger partial charge < -0.3 is 9.88 Å². The van der Waals surface area contributed by atoms with Gasteiger partial charge >= 0.3 is 0 Å². The van der Waals surface area contributed by atoms with Gasteiger partial charge in [0.05, 0.1) is 18.2 Å². The Kier molecular flexibility index (Phi) is 3.02. The van der Waals surface area contributed by atoms with E-state index in [1.807, 2.05) is 32.0 Å². The third kappa shape index (κ3) is 2.83. The Labute approximate surface area is 88.7 Å². The van der Waals surface area contributed by atoms with Gasteiger partial charge in [0.25, 0.3) is 0 Å². The third-order valence-corrected chi connectivity index (χ3v) is 2.19. The maximum atomic E-state index is 4.08. The Hall–Kier alpha value is -1.78. The lowest BCUT2D eigenvalue weighted by Gasteiger charge is -2.03. The lowest BCUT2D eigenvalue weighted by atomic mass is 10.4. The number of rotatable bonds is 5. The second-order valence-corrected chi connectivity index (χ2v) is 3.48. The number of aromatic nitrogens is 4. The largest absolute Gasteiger partial charge is 0.382 e. The summed E-state index contributed by atoms with van der Waals surface area (Å²) in [6.07, 6.45) is 10.5. The minimum Gasteiger partial charge on any atom is -0.382 e. The summed E-state index contributed by atoms with van der Waals surface area (Å²) < 4.78 is 3.86. The van der Waals surface area contributed by atoms with E-state index in [2.05, 4.69) is 20.0 Å². The van der Waals surface area contributed by atoms with Gasteiger partial charge in [-0.25, -0.2) is 4.98 Å². The van der Waals surface area contributed by atoms with Crippen LogP contribution in [-0.2, 0) is 13.6 Å². The summed E-state index contributed by atoms with van der Waals surface area (Å²) in [5.74, 6) is 0. The molecule has 0 unspecified atom stereocenters. The van der Waals surface area contributed by atoms with Gasteiger partial charge in [0.2, 0.25) is 0 Å². The first kappa shape index (κ1) is 9.76. The standard InChI is InChI=1S/C10H15N5/c1-14-8-10(7-13-14)12-3-2-5-15-6-4-11-9-15/h4,6-9,12H,2-3,5H2,1H3. The molecule has 0 aliphatic rings. The van der Waals surface area contributed by atoms with Crippen LogP contribution in [0.5, 0.6) is 0 Å². The fourth-order valence-corrected chi connectivity index (χ4v) is 1.43. The van der Waals surface area contributed by atoms with E-state index in [9.17, 15) is 0 Å². The second-order valence-electron chi connectivity index (χ2n) is 3.48. The molecule has 2 aromatic heterocycles. The molecule has 0 fully saturated rings. The molecule has 80 valence electrons. The lowest BCUT2D eigenvalue weighted by molar-refractivity contribution is 0.661. The summed E-state index contributed by atoms with van der Waals surface area (Å²) in [4.78, 5) is 3.99. The van der Waals surface area contributed by atoms with E-state index in [1.165, 1.54) is 0 Å². The highest BCUT2D eigenvalue weighted by Gasteiger charge is 1.94. The van der Waals surface area contributed by atoms with Crippen LogP contribution in [0.4, 0.5) is 5.69 Å². The van der Waals surface area contributed by atoms with Crippen molar-refractivity contribution in [3.63, 3.8) is 0 Å². The van der Waals surface area contributed by atoms with E-state index in [1.54, 1.807) is 10.9 Å². The fourth-order valence-electron chi connectivity index (χ4n) is 1.43. The van der Waals surface area contributed by atoms with E-state index >= 15 is 0 Å². The molecule has 0 saturated heterocycles. The lowest BCUT2D eigenvalue weighted by Crippen LogP contribution is -2.05. The predicted molar refractivity (Wildman–Crippen MR) is 58.5 cm³/mol.